The van der Waals surface area contributed by atoms with Crippen LogP contribution in [0.4, 0.5) is 0 Å². The smallest absolute Gasteiger partial charge is 0.232 e. The number of nitrogens with zero attached hydrogens (tertiary/aromatic N) is 1. The molecule has 4 heteroatoms. The van der Waals surface area contributed by atoms with Gasteiger partial charge in [-0.25, -0.2) is 0 Å². The third kappa shape index (κ3) is 4.22. The minimum absolute atomic E-state index is 0.0725. The molecule has 1 heterocycles. The van der Waals surface area contributed by atoms with Crippen LogP contribution in [0.5, 0.6) is 0 Å². The van der Waals surface area contributed by atoms with Gasteiger partial charge in [0.1, 0.15) is 6.42 Å². The average molecular weight is 322 g/mol. The summed E-state index contributed by atoms with van der Waals surface area (Å²) in [6.07, 6.45) is 1.56. The third-order valence-electron chi connectivity index (χ3n) is 4.37. The van der Waals surface area contributed by atoms with Crippen molar-refractivity contribution in [1.82, 2.24) is 10.2 Å². The van der Waals surface area contributed by atoms with Gasteiger partial charge in [-0.1, -0.05) is 54.6 Å². The van der Waals surface area contributed by atoms with Crippen molar-refractivity contribution in [1.29, 1.82) is 0 Å². The largest absolute Gasteiger partial charge is 0.355 e. The van der Waals surface area contributed by atoms with E-state index >= 15 is 0 Å². The van der Waals surface area contributed by atoms with Crippen LogP contribution in [0.3, 0.4) is 0 Å². The molecule has 0 saturated heterocycles. The lowest BCUT2D eigenvalue weighted by Gasteiger charge is -2.28. The van der Waals surface area contributed by atoms with Gasteiger partial charge >= 0.3 is 0 Å². The maximum atomic E-state index is 12.3. The normalized spacial score (nSPS) is 13.2. The van der Waals surface area contributed by atoms with Crippen LogP contribution in [-0.2, 0) is 29.0 Å². The van der Waals surface area contributed by atoms with Gasteiger partial charge < -0.3 is 10.2 Å². The summed E-state index contributed by atoms with van der Waals surface area (Å²) in [7, 11) is 0. The van der Waals surface area contributed by atoms with Gasteiger partial charge in [0, 0.05) is 19.6 Å². The van der Waals surface area contributed by atoms with E-state index in [9.17, 15) is 9.59 Å². The van der Waals surface area contributed by atoms with Crippen molar-refractivity contribution >= 4 is 11.8 Å². The number of benzene rings is 2. The number of nitrogens with one attached hydrogen (secondary N) is 1. The predicted molar refractivity (Wildman–Crippen MR) is 93.3 cm³/mol. The molecule has 124 valence electrons. The summed E-state index contributed by atoms with van der Waals surface area (Å²) in [6.45, 7) is 1.85. The van der Waals surface area contributed by atoms with Crippen molar-refractivity contribution in [2.24, 2.45) is 0 Å². The molecular weight excluding hydrogens is 300 g/mol. The number of carbonyl (C=O) groups is 2. The van der Waals surface area contributed by atoms with Crippen molar-refractivity contribution in [3.63, 3.8) is 0 Å². The summed E-state index contributed by atoms with van der Waals surface area (Å²) in [6, 6.07) is 18.2. The van der Waals surface area contributed by atoms with E-state index in [1.807, 2.05) is 42.5 Å². The van der Waals surface area contributed by atoms with E-state index in [0.717, 1.165) is 12.8 Å². The van der Waals surface area contributed by atoms with Crippen LogP contribution in [0.2, 0.25) is 0 Å². The summed E-state index contributed by atoms with van der Waals surface area (Å²) < 4.78 is 0. The monoisotopic (exact) mass is 322 g/mol. The highest BCUT2D eigenvalue weighted by Gasteiger charge is 2.21. The Hall–Kier alpha value is -2.62. The quantitative estimate of drug-likeness (QED) is 0.859. The van der Waals surface area contributed by atoms with E-state index in [1.165, 1.54) is 16.7 Å². The lowest BCUT2D eigenvalue weighted by atomic mass is 10.00. The molecule has 0 spiro atoms. The topological polar surface area (TPSA) is 49.4 Å². The average Bonchev–Trinajstić information content (AvgIpc) is 2.62. The number of hydrogen-bond donors (Lipinski definition) is 1. The number of fused-ring (bicyclic) bond motifs is 1. The first-order chi connectivity index (χ1) is 11.7. The third-order valence-corrected chi connectivity index (χ3v) is 4.37. The molecule has 2 aromatic carbocycles. The molecule has 4 nitrogen and oxygen atoms in total. The van der Waals surface area contributed by atoms with Crippen LogP contribution in [0.15, 0.2) is 54.6 Å². The summed E-state index contributed by atoms with van der Waals surface area (Å²) >= 11 is 0. The van der Waals surface area contributed by atoms with Gasteiger partial charge in [-0.3, -0.25) is 9.59 Å². The highest BCUT2D eigenvalue weighted by molar-refractivity contribution is 5.96. The van der Waals surface area contributed by atoms with E-state index in [0.29, 0.717) is 19.6 Å². The van der Waals surface area contributed by atoms with Crippen LogP contribution in [0.25, 0.3) is 0 Å². The second kappa shape index (κ2) is 7.77. The molecule has 0 unspecified atom stereocenters. The highest BCUT2D eigenvalue weighted by atomic mass is 16.2. The molecule has 0 atom stereocenters. The molecule has 0 aromatic heterocycles. The molecule has 0 aliphatic carbocycles. The van der Waals surface area contributed by atoms with Crippen LogP contribution >= 0.6 is 0 Å². The Balaban J connectivity index is 1.44. The van der Waals surface area contributed by atoms with E-state index in [2.05, 4.69) is 17.4 Å². The summed E-state index contributed by atoms with van der Waals surface area (Å²) in [5.41, 5.74) is 3.66. The second-order valence-corrected chi connectivity index (χ2v) is 6.10. The molecular formula is C20H22N2O2. The van der Waals surface area contributed by atoms with E-state index in [4.69, 9.17) is 0 Å². The maximum absolute atomic E-state index is 12.3. The fourth-order valence-corrected chi connectivity index (χ4v) is 3.01. The Bertz CT molecular complexity index is 713. The molecule has 1 aliphatic heterocycles. The second-order valence-electron chi connectivity index (χ2n) is 6.10. The zero-order valence-corrected chi connectivity index (χ0v) is 13.7. The molecule has 2 aromatic rings. The van der Waals surface area contributed by atoms with E-state index in [1.54, 1.807) is 4.90 Å². The number of hydrogen-bond acceptors (Lipinski definition) is 2. The Morgan fingerprint density at radius 3 is 2.46 bits per heavy atom. The minimum atomic E-state index is -0.199. The Morgan fingerprint density at radius 1 is 0.958 bits per heavy atom. The van der Waals surface area contributed by atoms with Crippen molar-refractivity contribution in [3.05, 3.63) is 71.3 Å². The molecule has 1 aliphatic rings. The summed E-state index contributed by atoms with van der Waals surface area (Å²) in [4.78, 5) is 26.1. The number of amides is 2. The fraction of sp³-hybridized carbons (Fsp3) is 0.300. The van der Waals surface area contributed by atoms with Gasteiger partial charge in [-0.2, -0.15) is 0 Å². The van der Waals surface area contributed by atoms with Gasteiger partial charge in [0.2, 0.25) is 11.8 Å². The van der Waals surface area contributed by atoms with Gasteiger partial charge in [0.25, 0.3) is 0 Å². The highest BCUT2D eigenvalue weighted by Crippen LogP contribution is 2.18. The summed E-state index contributed by atoms with van der Waals surface area (Å²) in [5.74, 6) is -0.295. The van der Waals surface area contributed by atoms with Crippen LogP contribution in [0, 0.1) is 0 Å². The van der Waals surface area contributed by atoms with Crippen LogP contribution in [0.1, 0.15) is 23.1 Å². The van der Waals surface area contributed by atoms with Crippen molar-refractivity contribution in [3.8, 4) is 0 Å². The zero-order chi connectivity index (χ0) is 16.8. The molecule has 0 radical (unpaired) electrons. The van der Waals surface area contributed by atoms with Crippen molar-refractivity contribution in [2.45, 2.75) is 25.8 Å². The molecule has 24 heavy (non-hydrogen) atoms. The maximum Gasteiger partial charge on any atom is 0.232 e. The van der Waals surface area contributed by atoms with Crippen LogP contribution in [-0.4, -0.2) is 29.8 Å². The van der Waals surface area contributed by atoms with Crippen molar-refractivity contribution in [2.75, 3.05) is 13.1 Å². The summed E-state index contributed by atoms with van der Waals surface area (Å²) in [5, 5.41) is 2.83. The van der Waals surface area contributed by atoms with E-state index in [-0.39, 0.29) is 18.2 Å². The number of carbonyl (C=O) groups excluding carboxylic acids is 2. The molecule has 3 rings (SSSR count). The number of rotatable bonds is 5. The van der Waals surface area contributed by atoms with Gasteiger partial charge in [-0.05, 0) is 29.5 Å². The molecule has 2 amide bonds. The van der Waals surface area contributed by atoms with Gasteiger partial charge in [0.05, 0.1) is 0 Å². The Kier molecular flexibility index (Phi) is 5.26. The van der Waals surface area contributed by atoms with Gasteiger partial charge in [-0.15, -0.1) is 0 Å². The first-order valence-corrected chi connectivity index (χ1v) is 8.37. The minimum Gasteiger partial charge on any atom is -0.355 e. The van der Waals surface area contributed by atoms with Crippen molar-refractivity contribution < 1.29 is 9.59 Å². The van der Waals surface area contributed by atoms with Crippen LogP contribution < -0.4 is 5.32 Å². The standard InChI is InChI=1S/C20H22N2O2/c23-19(21-12-10-16-6-2-1-3-7-16)14-20(24)22-13-11-17-8-4-5-9-18(17)15-22/h1-9H,10-15H2,(H,21,23). The first-order valence-electron chi connectivity index (χ1n) is 8.37. The first kappa shape index (κ1) is 16.2. The Morgan fingerprint density at radius 2 is 1.67 bits per heavy atom. The lowest BCUT2D eigenvalue weighted by molar-refractivity contribution is -0.136. The predicted octanol–water partition coefficient (Wildman–Crippen LogP) is 2.32. The van der Waals surface area contributed by atoms with E-state index < -0.39 is 0 Å². The molecule has 0 fully saturated rings. The lowest BCUT2D eigenvalue weighted by Crippen LogP contribution is -2.39. The molecule has 1 N–H and O–H groups in total. The fourth-order valence-electron chi connectivity index (χ4n) is 3.01. The molecule has 0 saturated carbocycles. The van der Waals surface area contributed by atoms with Gasteiger partial charge in [0.15, 0.2) is 0 Å². The SMILES string of the molecule is O=C(CC(=O)N1CCc2ccccc2C1)NCCc1ccccc1. The Labute approximate surface area is 142 Å². The molecule has 0 bridgehead atoms. The zero-order valence-electron chi connectivity index (χ0n) is 13.7.